The number of anilines is 1. The maximum atomic E-state index is 12.1. The molecule has 21 heavy (non-hydrogen) atoms. The summed E-state index contributed by atoms with van der Waals surface area (Å²) in [7, 11) is 0. The van der Waals surface area contributed by atoms with Crippen LogP contribution in [-0.2, 0) is 16.1 Å². The highest BCUT2D eigenvalue weighted by Crippen LogP contribution is 2.29. The van der Waals surface area contributed by atoms with Crippen LogP contribution in [0.25, 0.3) is 0 Å². The lowest BCUT2D eigenvalue weighted by molar-refractivity contribution is -0.119. The van der Waals surface area contributed by atoms with Crippen molar-refractivity contribution in [3.05, 3.63) is 29.8 Å². The minimum atomic E-state index is 0. The van der Waals surface area contributed by atoms with Crippen LogP contribution in [0.3, 0.4) is 0 Å². The summed E-state index contributed by atoms with van der Waals surface area (Å²) < 4.78 is 5.68. The number of hydrogen-bond acceptors (Lipinski definition) is 3. The van der Waals surface area contributed by atoms with Gasteiger partial charge in [0.2, 0.25) is 5.91 Å². The second-order valence-corrected chi connectivity index (χ2v) is 5.84. The van der Waals surface area contributed by atoms with E-state index in [0.717, 1.165) is 43.3 Å². The zero-order valence-corrected chi connectivity index (χ0v) is 13.0. The monoisotopic (exact) mass is 310 g/mol. The van der Waals surface area contributed by atoms with Crippen molar-refractivity contribution in [2.24, 2.45) is 11.8 Å². The van der Waals surface area contributed by atoms with Crippen molar-refractivity contribution in [2.45, 2.75) is 25.9 Å². The van der Waals surface area contributed by atoms with E-state index in [-0.39, 0.29) is 24.2 Å². The van der Waals surface area contributed by atoms with Crippen LogP contribution in [-0.4, -0.2) is 25.6 Å². The first kappa shape index (κ1) is 16.3. The van der Waals surface area contributed by atoms with Gasteiger partial charge in [0.1, 0.15) is 0 Å². The number of benzene rings is 1. The van der Waals surface area contributed by atoms with E-state index in [4.69, 9.17) is 4.74 Å². The molecule has 1 aliphatic carbocycles. The second kappa shape index (κ2) is 7.78. The van der Waals surface area contributed by atoms with Gasteiger partial charge in [-0.25, -0.2) is 0 Å². The summed E-state index contributed by atoms with van der Waals surface area (Å²) in [5.74, 6) is 1.00. The molecule has 0 spiro atoms. The fraction of sp³-hybridized carbons (Fsp3) is 0.562. The number of ether oxygens (including phenoxy) is 1. The van der Waals surface area contributed by atoms with Crippen molar-refractivity contribution in [1.82, 2.24) is 5.32 Å². The van der Waals surface area contributed by atoms with Crippen LogP contribution >= 0.6 is 12.4 Å². The van der Waals surface area contributed by atoms with Crippen LogP contribution in [0.2, 0.25) is 0 Å². The fourth-order valence-corrected chi connectivity index (χ4v) is 2.49. The first-order chi connectivity index (χ1) is 9.81. The SMILES string of the molecule is Cl.O=C(Nc1cccc(COCC2CC2)c1)C1CCNC1. The number of hydrogen-bond donors (Lipinski definition) is 2. The van der Waals surface area contributed by atoms with E-state index in [9.17, 15) is 4.79 Å². The molecule has 1 aromatic rings. The van der Waals surface area contributed by atoms with Crippen LogP contribution in [0.4, 0.5) is 5.69 Å². The maximum absolute atomic E-state index is 12.1. The summed E-state index contributed by atoms with van der Waals surface area (Å²) in [6.45, 7) is 3.22. The molecule has 0 bridgehead atoms. The predicted octanol–water partition coefficient (Wildman–Crippen LogP) is 2.58. The van der Waals surface area contributed by atoms with Crippen LogP contribution in [0.1, 0.15) is 24.8 Å². The zero-order valence-electron chi connectivity index (χ0n) is 12.1. The highest BCUT2D eigenvalue weighted by atomic mass is 35.5. The first-order valence-electron chi connectivity index (χ1n) is 7.49. The van der Waals surface area contributed by atoms with Gasteiger partial charge < -0.3 is 15.4 Å². The van der Waals surface area contributed by atoms with Gasteiger partial charge in [-0.1, -0.05) is 12.1 Å². The average molecular weight is 311 g/mol. The van der Waals surface area contributed by atoms with E-state index >= 15 is 0 Å². The Labute approximate surface area is 132 Å². The highest BCUT2D eigenvalue weighted by molar-refractivity contribution is 5.92. The van der Waals surface area contributed by atoms with Gasteiger partial charge >= 0.3 is 0 Å². The smallest absolute Gasteiger partial charge is 0.228 e. The molecular weight excluding hydrogens is 288 g/mol. The molecule has 1 amide bonds. The van der Waals surface area contributed by atoms with Crippen molar-refractivity contribution in [3.63, 3.8) is 0 Å². The first-order valence-corrected chi connectivity index (χ1v) is 7.49. The Morgan fingerprint density at radius 2 is 2.19 bits per heavy atom. The molecule has 116 valence electrons. The molecule has 2 fully saturated rings. The molecule has 1 unspecified atom stereocenters. The van der Waals surface area contributed by atoms with Crippen molar-refractivity contribution in [1.29, 1.82) is 0 Å². The molecule has 1 saturated carbocycles. The van der Waals surface area contributed by atoms with Crippen molar-refractivity contribution in [3.8, 4) is 0 Å². The summed E-state index contributed by atoms with van der Waals surface area (Å²) in [5.41, 5.74) is 1.99. The standard InChI is InChI=1S/C16H22N2O2.ClH/c19-16(14-6-7-17-9-14)18-15-3-1-2-13(8-15)11-20-10-12-4-5-12;/h1-3,8,12,14,17H,4-7,9-11H2,(H,18,19);1H. The molecule has 5 heteroatoms. The minimum absolute atomic E-state index is 0. The number of carbonyl (C=O) groups excluding carboxylic acids is 1. The summed E-state index contributed by atoms with van der Waals surface area (Å²) >= 11 is 0. The quantitative estimate of drug-likeness (QED) is 0.849. The van der Waals surface area contributed by atoms with Gasteiger partial charge in [0.25, 0.3) is 0 Å². The van der Waals surface area contributed by atoms with E-state index in [0.29, 0.717) is 6.61 Å². The lowest BCUT2D eigenvalue weighted by atomic mass is 10.1. The zero-order chi connectivity index (χ0) is 13.8. The summed E-state index contributed by atoms with van der Waals surface area (Å²) in [5, 5.41) is 6.22. The Morgan fingerprint density at radius 1 is 1.33 bits per heavy atom. The summed E-state index contributed by atoms with van der Waals surface area (Å²) in [6, 6.07) is 7.95. The Bertz CT molecular complexity index is 471. The minimum Gasteiger partial charge on any atom is -0.376 e. The van der Waals surface area contributed by atoms with Gasteiger partial charge in [0, 0.05) is 18.8 Å². The van der Waals surface area contributed by atoms with Gasteiger partial charge in [0.15, 0.2) is 0 Å². The number of carbonyl (C=O) groups is 1. The molecule has 0 aromatic heterocycles. The van der Waals surface area contributed by atoms with E-state index in [1.807, 2.05) is 24.3 Å². The highest BCUT2D eigenvalue weighted by Gasteiger charge is 2.22. The number of rotatable bonds is 6. The Hall–Kier alpha value is -1.10. The lowest BCUT2D eigenvalue weighted by Gasteiger charge is -2.11. The molecule has 0 radical (unpaired) electrons. The van der Waals surface area contributed by atoms with E-state index in [2.05, 4.69) is 10.6 Å². The normalized spacial score (nSPS) is 20.9. The van der Waals surface area contributed by atoms with Crippen molar-refractivity contribution in [2.75, 3.05) is 25.0 Å². The Morgan fingerprint density at radius 3 is 2.90 bits per heavy atom. The molecule has 1 heterocycles. The third-order valence-electron chi connectivity index (χ3n) is 3.94. The Kier molecular flexibility index (Phi) is 6.03. The summed E-state index contributed by atoms with van der Waals surface area (Å²) in [4.78, 5) is 12.1. The number of nitrogens with one attached hydrogen (secondary N) is 2. The van der Waals surface area contributed by atoms with Crippen molar-refractivity contribution >= 4 is 24.0 Å². The van der Waals surface area contributed by atoms with E-state index < -0.39 is 0 Å². The molecule has 1 atom stereocenters. The molecule has 1 aliphatic heterocycles. The molecule has 4 nitrogen and oxygen atoms in total. The van der Waals surface area contributed by atoms with E-state index in [1.54, 1.807) is 0 Å². The second-order valence-electron chi connectivity index (χ2n) is 5.84. The maximum Gasteiger partial charge on any atom is 0.228 e. The molecule has 3 rings (SSSR count). The van der Waals surface area contributed by atoms with Crippen LogP contribution in [0, 0.1) is 11.8 Å². The molecule has 1 saturated heterocycles. The largest absolute Gasteiger partial charge is 0.376 e. The van der Waals surface area contributed by atoms with Gasteiger partial charge in [-0.2, -0.15) is 0 Å². The van der Waals surface area contributed by atoms with Crippen LogP contribution in [0.5, 0.6) is 0 Å². The fourth-order valence-electron chi connectivity index (χ4n) is 2.49. The van der Waals surface area contributed by atoms with Gasteiger partial charge in [0.05, 0.1) is 12.5 Å². The predicted molar refractivity (Wildman–Crippen MR) is 85.7 cm³/mol. The van der Waals surface area contributed by atoms with Crippen molar-refractivity contribution < 1.29 is 9.53 Å². The van der Waals surface area contributed by atoms with E-state index in [1.165, 1.54) is 12.8 Å². The van der Waals surface area contributed by atoms with Crippen LogP contribution < -0.4 is 10.6 Å². The molecule has 2 aliphatic rings. The van der Waals surface area contributed by atoms with Crippen LogP contribution in [0.15, 0.2) is 24.3 Å². The third-order valence-corrected chi connectivity index (χ3v) is 3.94. The number of halogens is 1. The van der Waals surface area contributed by atoms with Gasteiger partial charge in [-0.15, -0.1) is 12.4 Å². The summed E-state index contributed by atoms with van der Waals surface area (Å²) in [6.07, 6.45) is 3.55. The third kappa shape index (κ3) is 4.99. The lowest BCUT2D eigenvalue weighted by Crippen LogP contribution is -2.24. The number of amides is 1. The molecule has 1 aromatic carbocycles. The van der Waals surface area contributed by atoms with Gasteiger partial charge in [-0.05, 0) is 49.4 Å². The Balaban J connectivity index is 0.00000161. The van der Waals surface area contributed by atoms with Gasteiger partial charge in [-0.3, -0.25) is 4.79 Å². The molecule has 2 N–H and O–H groups in total. The topological polar surface area (TPSA) is 50.4 Å². The molecular formula is C16H23ClN2O2. The average Bonchev–Trinajstić information content (AvgIpc) is 3.10.